The summed E-state index contributed by atoms with van der Waals surface area (Å²) in [5.74, 6) is 0.367. The summed E-state index contributed by atoms with van der Waals surface area (Å²) in [7, 11) is 0. The predicted molar refractivity (Wildman–Crippen MR) is 130 cm³/mol. The first-order valence-electron chi connectivity index (χ1n) is 11.8. The topological polar surface area (TPSA) is 61.4 Å². The number of fused-ring (bicyclic) bond motifs is 1. The van der Waals surface area contributed by atoms with Crippen molar-refractivity contribution < 1.29 is 14.1 Å². The molecule has 3 atom stereocenters. The highest BCUT2D eigenvalue weighted by molar-refractivity contribution is 7.90. The normalized spacial score (nSPS) is 24.2. The molecule has 31 heavy (non-hydrogen) atoms. The molecule has 1 aliphatic carbocycles. The van der Waals surface area contributed by atoms with Crippen molar-refractivity contribution in [3.8, 4) is 0 Å². The van der Waals surface area contributed by atoms with Crippen LogP contribution in [-0.2, 0) is 32.9 Å². The van der Waals surface area contributed by atoms with E-state index in [4.69, 9.17) is 4.74 Å². The van der Waals surface area contributed by atoms with Crippen LogP contribution >= 0.6 is 0 Å². The quantitative estimate of drug-likeness (QED) is 0.429. The van der Waals surface area contributed by atoms with Crippen molar-refractivity contribution in [2.45, 2.75) is 116 Å². The molecular formula is C26H43NO3S. The van der Waals surface area contributed by atoms with E-state index in [-0.39, 0.29) is 16.3 Å². The lowest BCUT2D eigenvalue weighted by Crippen LogP contribution is -2.50. The van der Waals surface area contributed by atoms with E-state index in [9.17, 15) is 9.35 Å². The lowest BCUT2D eigenvalue weighted by Gasteiger charge is -2.38. The van der Waals surface area contributed by atoms with Gasteiger partial charge in [-0.05, 0) is 97.6 Å². The summed E-state index contributed by atoms with van der Waals surface area (Å²) in [5.41, 5.74) is 1.82. The van der Waals surface area contributed by atoms with Gasteiger partial charge in [-0.3, -0.25) is 4.79 Å². The van der Waals surface area contributed by atoms with Crippen molar-refractivity contribution in [3.05, 3.63) is 35.4 Å². The molecule has 0 bridgehead atoms. The molecular weight excluding hydrogens is 406 g/mol. The molecule has 5 heteroatoms. The third kappa shape index (κ3) is 8.43. The van der Waals surface area contributed by atoms with Gasteiger partial charge < -0.3 is 9.29 Å². The number of carbonyl (C=O) groups is 1. The van der Waals surface area contributed by atoms with Crippen LogP contribution in [0.3, 0.4) is 0 Å². The van der Waals surface area contributed by atoms with Crippen LogP contribution in [0.5, 0.6) is 0 Å². The Morgan fingerprint density at radius 1 is 1.16 bits per heavy atom. The Bertz CT molecular complexity index is 722. The third-order valence-corrected chi connectivity index (χ3v) is 7.77. The van der Waals surface area contributed by atoms with Crippen LogP contribution in [-0.4, -0.2) is 20.9 Å². The smallest absolute Gasteiger partial charge is 0.306 e. The van der Waals surface area contributed by atoms with Gasteiger partial charge in [-0.2, -0.15) is 0 Å². The monoisotopic (exact) mass is 449 g/mol. The molecule has 1 N–H and O–H groups in total. The van der Waals surface area contributed by atoms with Gasteiger partial charge in [0.2, 0.25) is 0 Å². The van der Waals surface area contributed by atoms with Gasteiger partial charge in [0.25, 0.3) is 0 Å². The molecule has 2 rings (SSSR count). The number of carbonyl (C=O) groups excluding carboxylic acids is 1. The van der Waals surface area contributed by atoms with Crippen molar-refractivity contribution in [3.63, 3.8) is 0 Å². The fourth-order valence-electron chi connectivity index (χ4n) is 4.26. The minimum absolute atomic E-state index is 0.107. The van der Waals surface area contributed by atoms with E-state index in [1.165, 1.54) is 17.5 Å². The molecule has 0 aliphatic heterocycles. The van der Waals surface area contributed by atoms with Crippen LogP contribution in [0.4, 0.5) is 0 Å². The second-order valence-electron chi connectivity index (χ2n) is 11.2. The lowest BCUT2D eigenvalue weighted by atomic mass is 9.79. The van der Waals surface area contributed by atoms with Gasteiger partial charge >= 0.3 is 5.97 Å². The van der Waals surface area contributed by atoms with Gasteiger partial charge in [0.15, 0.2) is 0 Å². The highest BCUT2D eigenvalue weighted by atomic mass is 32.2. The third-order valence-electron chi connectivity index (χ3n) is 6.02. The second-order valence-corrected chi connectivity index (χ2v) is 13.2. The Morgan fingerprint density at radius 2 is 1.84 bits per heavy atom. The summed E-state index contributed by atoms with van der Waals surface area (Å²) >= 11 is -1.16. The average Bonchev–Trinajstić information content (AvgIpc) is 2.64. The number of ether oxygens (including phenoxy) is 1. The number of rotatable bonds is 5. The Kier molecular flexibility index (Phi) is 9.06. The Hall–Kier alpha value is -1.04. The first kappa shape index (κ1) is 26.2. The molecule has 1 aliphatic rings. The SMILES string of the molecule is CC(C)(C)OC(=O)CCC1CCCCc2ccccc2[C@](C)(N[S@+]([O-])C(C)(C)C)CC1. The van der Waals surface area contributed by atoms with Crippen molar-refractivity contribution >= 4 is 17.3 Å². The molecule has 1 aromatic rings. The molecule has 1 aromatic carbocycles. The largest absolute Gasteiger partial charge is 0.598 e. The summed E-state index contributed by atoms with van der Waals surface area (Å²) in [6.45, 7) is 14.0. The first-order valence-corrected chi connectivity index (χ1v) is 12.9. The maximum atomic E-state index is 13.1. The van der Waals surface area contributed by atoms with Crippen molar-refractivity contribution in [2.24, 2.45) is 5.92 Å². The molecule has 0 fully saturated rings. The van der Waals surface area contributed by atoms with Gasteiger partial charge in [0.05, 0.1) is 5.54 Å². The predicted octanol–water partition coefficient (Wildman–Crippen LogP) is 6.20. The molecule has 176 valence electrons. The fraction of sp³-hybridized carbons (Fsp3) is 0.731. The number of nitrogens with one attached hydrogen (secondary N) is 1. The molecule has 1 unspecified atom stereocenters. The van der Waals surface area contributed by atoms with E-state index in [1.54, 1.807) is 0 Å². The van der Waals surface area contributed by atoms with Crippen LogP contribution in [0.1, 0.15) is 105 Å². The van der Waals surface area contributed by atoms with Crippen LogP contribution in [0.2, 0.25) is 0 Å². The maximum Gasteiger partial charge on any atom is 0.306 e. The Balaban J connectivity index is 2.18. The van der Waals surface area contributed by atoms with E-state index >= 15 is 0 Å². The number of hydrogen-bond donors (Lipinski definition) is 1. The summed E-state index contributed by atoms with van der Waals surface area (Å²) in [6, 6.07) is 8.61. The zero-order valence-corrected chi connectivity index (χ0v) is 21.5. The van der Waals surface area contributed by atoms with Gasteiger partial charge in [0.1, 0.15) is 10.3 Å². The van der Waals surface area contributed by atoms with Crippen LogP contribution in [0.25, 0.3) is 0 Å². The van der Waals surface area contributed by atoms with Crippen LogP contribution in [0, 0.1) is 5.92 Å². The summed E-state index contributed by atoms with van der Waals surface area (Å²) in [6.07, 6.45) is 7.69. The highest BCUT2D eigenvalue weighted by Gasteiger charge is 2.38. The molecule has 4 nitrogen and oxygen atoms in total. The van der Waals surface area contributed by atoms with E-state index in [1.807, 2.05) is 41.5 Å². The molecule has 0 radical (unpaired) electrons. The molecule has 0 saturated carbocycles. The molecule has 0 amide bonds. The number of aryl methyl sites for hydroxylation is 1. The number of hydrogen-bond acceptors (Lipinski definition) is 4. The zero-order chi connectivity index (χ0) is 23.3. The van der Waals surface area contributed by atoms with E-state index in [0.717, 1.165) is 38.5 Å². The Labute approximate surface area is 193 Å². The molecule has 0 spiro atoms. The van der Waals surface area contributed by atoms with E-state index in [0.29, 0.717) is 12.3 Å². The second kappa shape index (κ2) is 10.7. The molecule has 0 aromatic heterocycles. The standard InChI is InChI=1S/C26H43NO3S/c1-24(2,3)30-23(28)17-16-20-12-8-9-13-21-14-10-11-15-22(21)26(7,19-18-20)27-31(29)25(4,5)6/h10-11,14-15,20,27H,8-9,12-13,16-19H2,1-7H3/t20?,26-,31-/m1/s1. The number of benzene rings is 1. The zero-order valence-electron chi connectivity index (χ0n) is 20.7. The summed E-state index contributed by atoms with van der Waals surface area (Å²) in [4.78, 5) is 12.3. The van der Waals surface area contributed by atoms with Gasteiger partial charge in [-0.25, -0.2) is 0 Å². The minimum Gasteiger partial charge on any atom is -0.598 e. The van der Waals surface area contributed by atoms with Crippen molar-refractivity contribution in [1.29, 1.82) is 0 Å². The minimum atomic E-state index is -1.16. The van der Waals surface area contributed by atoms with E-state index < -0.39 is 17.0 Å². The maximum absolute atomic E-state index is 13.1. The van der Waals surface area contributed by atoms with Gasteiger partial charge in [-0.15, -0.1) is 4.72 Å². The lowest BCUT2D eigenvalue weighted by molar-refractivity contribution is -0.155. The average molecular weight is 450 g/mol. The first-order chi connectivity index (χ1) is 14.3. The highest BCUT2D eigenvalue weighted by Crippen LogP contribution is 2.36. The van der Waals surface area contributed by atoms with Crippen molar-refractivity contribution in [1.82, 2.24) is 4.72 Å². The number of esters is 1. The van der Waals surface area contributed by atoms with Crippen molar-refractivity contribution in [2.75, 3.05) is 0 Å². The summed E-state index contributed by atoms with van der Waals surface area (Å²) < 4.78 is 21.8. The van der Waals surface area contributed by atoms with E-state index in [2.05, 4.69) is 35.9 Å². The van der Waals surface area contributed by atoms with Gasteiger partial charge in [0, 0.05) is 17.8 Å². The van der Waals surface area contributed by atoms with Crippen LogP contribution < -0.4 is 4.72 Å². The molecule has 0 heterocycles. The van der Waals surface area contributed by atoms with Crippen LogP contribution in [0.15, 0.2) is 24.3 Å². The van der Waals surface area contributed by atoms with Gasteiger partial charge in [-0.1, -0.05) is 37.1 Å². The molecule has 0 saturated heterocycles. The fourth-order valence-corrected chi connectivity index (χ4v) is 5.19. The summed E-state index contributed by atoms with van der Waals surface area (Å²) in [5, 5.41) is 0. The Morgan fingerprint density at radius 3 is 2.48 bits per heavy atom.